The maximum atomic E-state index is 15.3. The molecule has 2 atom stereocenters. The molecule has 1 aliphatic heterocycles. The first-order valence-corrected chi connectivity index (χ1v) is 14.6. The lowest BCUT2D eigenvalue weighted by molar-refractivity contribution is -0.167. The van der Waals surface area contributed by atoms with Crippen molar-refractivity contribution >= 4 is 17.2 Å². The average molecular weight is 700 g/mol. The molecule has 262 valence electrons. The number of hydrogen-bond acceptors (Lipinski definition) is 6. The minimum Gasteiger partial charge on any atom is -0.500 e. The van der Waals surface area contributed by atoms with E-state index in [2.05, 4.69) is 16.9 Å². The predicted octanol–water partition coefficient (Wildman–Crippen LogP) is 5.57. The fourth-order valence-corrected chi connectivity index (χ4v) is 5.81. The van der Waals surface area contributed by atoms with Gasteiger partial charge in [0.1, 0.15) is 34.6 Å². The molecule has 1 aromatic carbocycles. The van der Waals surface area contributed by atoms with Crippen molar-refractivity contribution < 1.29 is 49.4 Å². The van der Waals surface area contributed by atoms with Crippen LogP contribution in [0.5, 0.6) is 0 Å². The molecule has 49 heavy (non-hydrogen) atoms. The number of hydrogen-bond donors (Lipinski definition) is 1. The summed E-state index contributed by atoms with van der Waals surface area (Å²) in [5.74, 6) is -4.14. The molecule has 1 fully saturated rings. The first-order chi connectivity index (χ1) is 22.9. The molecule has 3 aromatic heterocycles. The van der Waals surface area contributed by atoms with Crippen LogP contribution < -0.4 is 15.8 Å². The third-order valence-electron chi connectivity index (χ3n) is 8.31. The van der Waals surface area contributed by atoms with Gasteiger partial charge in [-0.2, -0.15) is 26.3 Å². The van der Waals surface area contributed by atoms with Crippen LogP contribution in [0.3, 0.4) is 0 Å². The highest BCUT2D eigenvalue weighted by atomic mass is 19.4. The minimum atomic E-state index is -4.75. The highest BCUT2D eigenvalue weighted by molar-refractivity contribution is 5.95. The van der Waals surface area contributed by atoms with Crippen LogP contribution in [-0.4, -0.2) is 65.0 Å². The van der Waals surface area contributed by atoms with E-state index in [4.69, 9.17) is 9.47 Å². The number of nitrogens with zero attached hydrogens (tertiary/aromatic N) is 4. The summed E-state index contributed by atoms with van der Waals surface area (Å²) in [5.41, 5.74) is -3.13. The van der Waals surface area contributed by atoms with E-state index in [0.29, 0.717) is 24.0 Å². The number of aromatic nitrogens is 3. The topological polar surface area (TPSA) is 90.1 Å². The number of pyridine rings is 2. The smallest absolute Gasteiger partial charge is 0.418 e. The number of methoxy groups -OCH3 is 1. The summed E-state index contributed by atoms with van der Waals surface area (Å²) in [6.45, 7) is 3.78. The number of aryl methyl sites for hydroxylation is 1. The van der Waals surface area contributed by atoms with Gasteiger partial charge < -0.3 is 28.7 Å². The van der Waals surface area contributed by atoms with E-state index < -0.39 is 71.0 Å². The monoisotopic (exact) mass is 699 g/mol. The number of imidazole rings is 1. The van der Waals surface area contributed by atoms with Crippen LogP contribution >= 0.6 is 0 Å². The van der Waals surface area contributed by atoms with Gasteiger partial charge in [-0.15, -0.1) is 0 Å². The number of ether oxygens (including phenoxy) is 2. The molecule has 1 amide bonds. The first kappa shape index (κ1) is 35.4. The van der Waals surface area contributed by atoms with Gasteiger partial charge in [0.25, 0.3) is 11.5 Å². The van der Waals surface area contributed by atoms with Gasteiger partial charge in [-0.3, -0.25) is 9.59 Å². The van der Waals surface area contributed by atoms with Crippen LogP contribution in [0.2, 0.25) is 0 Å². The van der Waals surface area contributed by atoms with Gasteiger partial charge in [-0.1, -0.05) is 6.58 Å². The number of carbonyl (C=O) groups excluding carboxylic acids is 1. The minimum absolute atomic E-state index is 0.0490. The number of carbonyl (C=O) groups is 1. The molecule has 0 aliphatic carbocycles. The molecule has 4 heterocycles. The number of morpholine rings is 1. The molecule has 0 bridgehead atoms. The van der Waals surface area contributed by atoms with Crippen LogP contribution in [-0.2, 0) is 29.1 Å². The van der Waals surface area contributed by atoms with Crippen molar-refractivity contribution in [2.75, 3.05) is 31.8 Å². The van der Waals surface area contributed by atoms with Crippen LogP contribution in [0.4, 0.5) is 40.8 Å². The number of rotatable bonds is 8. The Morgan fingerprint density at radius 2 is 1.84 bits per heavy atom. The Morgan fingerprint density at radius 3 is 2.45 bits per heavy atom. The van der Waals surface area contributed by atoms with E-state index >= 15 is 8.78 Å². The summed E-state index contributed by atoms with van der Waals surface area (Å²) < 4.78 is 125. The molecule has 1 saturated heterocycles. The molecule has 0 saturated carbocycles. The number of nitrogens with one attached hydrogen (secondary N) is 1. The summed E-state index contributed by atoms with van der Waals surface area (Å²) in [5, 5.41) is 2.43. The third kappa shape index (κ3) is 6.84. The number of amides is 1. The zero-order chi connectivity index (χ0) is 36.0. The van der Waals surface area contributed by atoms with E-state index in [-0.39, 0.29) is 47.7 Å². The molecule has 9 nitrogen and oxygen atoms in total. The van der Waals surface area contributed by atoms with Gasteiger partial charge in [0.2, 0.25) is 0 Å². The summed E-state index contributed by atoms with van der Waals surface area (Å²) in [6, 6.07) is 0.839. The highest BCUT2D eigenvalue weighted by Gasteiger charge is 2.46. The molecule has 0 unspecified atom stereocenters. The fourth-order valence-electron chi connectivity index (χ4n) is 5.81. The maximum Gasteiger partial charge on any atom is 0.418 e. The average Bonchev–Trinajstić information content (AvgIpc) is 3.52. The van der Waals surface area contributed by atoms with Gasteiger partial charge >= 0.3 is 12.4 Å². The fraction of sp³-hybridized carbons (Fsp3) is 0.344. The Bertz CT molecular complexity index is 1960. The summed E-state index contributed by atoms with van der Waals surface area (Å²) in [6.07, 6.45) is -6.12. The zero-order valence-corrected chi connectivity index (χ0v) is 26.2. The van der Waals surface area contributed by atoms with E-state index in [9.17, 15) is 35.9 Å². The number of fused-ring (bicyclic) bond motifs is 1. The number of anilines is 1. The van der Waals surface area contributed by atoms with Gasteiger partial charge in [0.05, 0.1) is 37.5 Å². The van der Waals surface area contributed by atoms with Crippen LogP contribution in [0.25, 0.3) is 16.8 Å². The van der Waals surface area contributed by atoms with Crippen molar-refractivity contribution in [3.8, 4) is 11.1 Å². The molecule has 5 rings (SSSR count). The molecular formula is C32H29F8N5O4. The standard InChI is InChI=1S/C32H29F8N5O4/c1-16-21(31(35,36)37)14-43(3)30(47)26(16)20-6-5-18(45-8-7-41-28(20)45)13-24(17(2)48-4)42-29(46)27-22(33)11-19(12-23(27)34)44-9-10-49-15-25(44)32(38,39)40/h5-8,11-12,14,24-25H,2,9-10,13,15H2,1,3-4H3,(H,42,46)/t24-,25+/m0/s1. The maximum absolute atomic E-state index is 15.3. The molecule has 4 aromatic rings. The van der Waals surface area contributed by atoms with Gasteiger partial charge in [0, 0.05) is 55.5 Å². The Morgan fingerprint density at radius 1 is 1.16 bits per heavy atom. The largest absolute Gasteiger partial charge is 0.500 e. The number of halogens is 8. The summed E-state index contributed by atoms with van der Waals surface area (Å²) in [7, 11) is 2.43. The number of benzene rings is 1. The third-order valence-corrected chi connectivity index (χ3v) is 8.31. The van der Waals surface area contributed by atoms with E-state index in [1.807, 2.05) is 0 Å². The van der Waals surface area contributed by atoms with Crippen molar-refractivity contribution in [2.24, 2.45) is 7.05 Å². The van der Waals surface area contributed by atoms with Crippen molar-refractivity contribution in [1.29, 1.82) is 0 Å². The second kappa shape index (κ2) is 13.2. The second-order valence-corrected chi connectivity index (χ2v) is 11.3. The lowest BCUT2D eigenvalue weighted by atomic mass is 9.98. The van der Waals surface area contributed by atoms with E-state index in [1.54, 1.807) is 0 Å². The van der Waals surface area contributed by atoms with E-state index in [0.717, 1.165) is 9.47 Å². The molecule has 1 aliphatic rings. The Hall–Kier alpha value is -4.93. The molecule has 0 radical (unpaired) electrons. The van der Waals surface area contributed by atoms with Crippen molar-refractivity contribution in [3.63, 3.8) is 0 Å². The lowest BCUT2D eigenvalue weighted by Gasteiger charge is -2.38. The molecule has 17 heteroatoms. The molecule has 0 spiro atoms. The van der Waals surface area contributed by atoms with Gasteiger partial charge in [0.15, 0.2) is 0 Å². The van der Waals surface area contributed by atoms with Crippen LogP contribution in [0.1, 0.15) is 27.2 Å². The van der Waals surface area contributed by atoms with Crippen LogP contribution in [0, 0.1) is 18.6 Å². The Balaban J connectivity index is 1.47. The highest BCUT2D eigenvalue weighted by Crippen LogP contribution is 2.36. The second-order valence-electron chi connectivity index (χ2n) is 11.3. The molecular weight excluding hydrogens is 670 g/mol. The normalized spacial score (nSPS) is 16.1. The van der Waals surface area contributed by atoms with Gasteiger partial charge in [-0.25, -0.2) is 13.8 Å². The quantitative estimate of drug-likeness (QED) is 0.191. The van der Waals surface area contributed by atoms with Crippen molar-refractivity contribution in [1.82, 2.24) is 19.3 Å². The Labute approximate surface area is 273 Å². The van der Waals surface area contributed by atoms with Gasteiger partial charge in [-0.05, 0) is 36.8 Å². The Kier molecular flexibility index (Phi) is 9.51. The predicted molar refractivity (Wildman–Crippen MR) is 161 cm³/mol. The first-order valence-electron chi connectivity index (χ1n) is 14.6. The van der Waals surface area contributed by atoms with Crippen molar-refractivity contribution in [2.45, 2.75) is 37.8 Å². The molecule has 1 N–H and O–H groups in total. The van der Waals surface area contributed by atoms with Crippen molar-refractivity contribution in [3.05, 3.63) is 99.6 Å². The van der Waals surface area contributed by atoms with E-state index in [1.165, 1.54) is 50.0 Å². The number of alkyl halides is 6. The lowest BCUT2D eigenvalue weighted by Crippen LogP contribution is -2.53. The summed E-state index contributed by atoms with van der Waals surface area (Å²) >= 11 is 0. The SMILES string of the molecule is C=C(OC)[C@H](Cc1ccc(-c2c(C)c(C(F)(F)F)cn(C)c2=O)c2nccn12)NC(=O)c1c(F)cc(N2CCOC[C@@H]2C(F)(F)F)cc1F. The summed E-state index contributed by atoms with van der Waals surface area (Å²) in [4.78, 5) is 31.3. The van der Waals surface area contributed by atoms with Crippen LogP contribution in [0.15, 0.2) is 60.0 Å². The zero-order valence-electron chi connectivity index (χ0n) is 26.2.